The van der Waals surface area contributed by atoms with Gasteiger partial charge in [-0.25, -0.2) is 0 Å². The van der Waals surface area contributed by atoms with Crippen LogP contribution in [-0.4, -0.2) is 37.2 Å². The Morgan fingerprint density at radius 2 is 0.470 bits per heavy atom. The van der Waals surface area contributed by atoms with E-state index < -0.39 is 6.10 Å². The van der Waals surface area contributed by atoms with E-state index in [0.717, 1.165) is 103 Å². The van der Waals surface area contributed by atoms with Crippen LogP contribution in [0.1, 0.15) is 367 Å². The van der Waals surface area contributed by atoms with Crippen molar-refractivity contribution in [3.8, 4) is 0 Å². The second kappa shape index (κ2) is 71.1. The van der Waals surface area contributed by atoms with Gasteiger partial charge >= 0.3 is 17.9 Å². The standard InChI is InChI=1S/C77H136O6/c1-4-7-10-13-16-19-22-25-27-29-31-33-35-36-37-38-39-40-42-43-45-47-49-52-55-58-61-64-67-70-76(79)82-73-74(72-81-75(78)69-66-63-60-57-54-51-24-21-18-15-12-9-6-3)83-77(80)71-68-65-62-59-56-53-50-48-46-44-41-34-32-30-28-26-23-20-17-14-11-8-5-2/h7,10,16,19,21,24-25,27,31,33,36-37,39-40,74H,4-6,8-9,11-15,17-18,20,22-23,26,28-30,32,34-35,38,41-73H2,1-3H3/b10-7-,19-16-,24-21-,27-25-,33-31-,37-36-,40-39-. The lowest BCUT2D eigenvalue weighted by atomic mass is 10.0. The van der Waals surface area contributed by atoms with Crippen molar-refractivity contribution in [3.63, 3.8) is 0 Å². The average molecular weight is 1160 g/mol. The second-order valence-corrected chi connectivity index (χ2v) is 24.1. The van der Waals surface area contributed by atoms with E-state index in [2.05, 4.69) is 106 Å². The molecule has 1 atom stereocenters. The first-order valence-electron chi connectivity index (χ1n) is 36.1. The van der Waals surface area contributed by atoms with Crippen LogP contribution >= 0.6 is 0 Å². The van der Waals surface area contributed by atoms with E-state index in [1.807, 2.05) is 0 Å². The van der Waals surface area contributed by atoms with Gasteiger partial charge in [0.15, 0.2) is 6.10 Å². The van der Waals surface area contributed by atoms with Crippen LogP contribution in [0.5, 0.6) is 0 Å². The molecule has 6 heteroatoms. The summed E-state index contributed by atoms with van der Waals surface area (Å²) in [5.74, 6) is -0.869. The van der Waals surface area contributed by atoms with Crippen LogP contribution in [0, 0.1) is 0 Å². The molecule has 0 bridgehead atoms. The number of ether oxygens (including phenoxy) is 3. The van der Waals surface area contributed by atoms with Crippen LogP contribution in [-0.2, 0) is 28.6 Å². The highest BCUT2D eigenvalue weighted by Gasteiger charge is 2.19. The van der Waals surface area contributed by atoms with Gasteiger partial charge in [-0.1, -0.05) is 337 Å². The highest BCUT2D eigenvalue weighted by molar-refractivity contribution is 5.71. The summed E-state index contributed by atoms with van der Waals surface area (Å²) in [6.07, 6.45) is 94.7. The zero-order chi connectivity index (χ0) is 59.9. The highest BCUT2D eigenvalue weighted by atomic mass is 16.6. The van der Waals surface area contributed by atoms with Crippen LogP contribution in [0.25, 0.3) is 0 Å². The number of carbonyl (C=O) groups is 3. The van der Waals surface area contributed by atoms with Crippen LogP contribution in [0.4, 0.5) is 0 Å². The van der Waals surface area contributed by atoms with E-state index in [-0.39, 0.29) is 31.1 Å². The molecule has 0 amide bonds. The van der Waals surface area contributed by atoms with Crippen molar-refractivity contribution < 1.29 is 28.6 Å². The Bertz CT molecular complexity index is 1570. The normalized spacial score (nSPS) is 12.6. The number of esters is 3. The molecule has 480 valence electrons. The summed E-state index contributed by atoms with van der Waals surface area (Å²) >= 11 is 0. The van der Waals surface area contributed by atoms with Crippen LogP contribution < -0.4 is 0 Å². The fraction of sp³-hybridized carbons (Fsp3) is 0.779. The lowest BCUT2D eigenvalue weighted by Gasteiger charge is -2.18. The van der Waals surface area contributed by atoms with Crippen molar-refractivity contribution in [2.75, 3.05) is 13.2 Å². The summed E-state index contributed by atoms with van der Waals surface area (Å²) in [5, 5.41) is 0. The van der Waals surface area contributed by atoms with E-state index >= 15 is 0 Å². The monoisotopic (exact) mass is 1160 g/mol. The third-order valence-corrected chi connectivity index (χ3v) is 15.9. The maximum Gasteiger partial charge on any atom is 0.306 e. The van der Waals surface area contributed by atoms with Crippen LogP contribution in [0.3, 0.4) is 0 Å². The minimum Gasteiger partial charge on any atom is -0.462 e. The Hall–Kier alpha value is -3.41. The van der Waals surface area contributed by atoms with Crippen molar-refractivity contribution in [1.82, 2.24) is 0 Å². The summed E-state index contributed by atoms with van der Waals surface area (Å²) in [5.41, 5.74) is 0. The van der Waals surface area contributed by atoms with Gasteiger partial charge in [0.05, 0.1) is 0 Å². The number of allylic oxidation sites excluding steroid dienone is 14. The third-order valence-electron chi connectivity index (χ3n) is 15.9. The van der Waals surface area contributed by atoms with Crippen molar-refractivity contribution in [1.29, 1.82) is 0 Å². The Labute approximate surface area is 515 Å². The zero-order valence-electron chi connectivity index (χ0n) is 55.2. The Morgan fingerprint density at radius 1 is 0.253 bits per heavy atom. The third kappa shape index (κ3) is 69.3. The van der Waals surface area contributed by atoms with Gasteiger partial charge in [-0.2, -0.15) is 0 Å². The molecule has 0 spiro atoms. The molecule has 0 aliphatic heterocycles. The first-order chi connectivity index (χ1) is 41.0. The molecule has 0 aliphatic rings. The van der Waals surface area contributed by atoms with Gasteiger partial charge in [-0.05, 0) is 96.3 Å². The van der Waals surface area contributed by atoms with Gasteiger partial charge in [-0.15, -0.1) is 0 Å². The van der Waals surface area contributed by atoms with E-state index in [4.69, 9.17) is 14.2 Å². The minimum absolute atomic E-state index is 0.0775. The summed E-state index contributed by atoms with van der Waals surface area (Å²) < 4.78 is 17.0. The van der Waals surface area contributed by atoms with Gasteiger partial charge in [0.2, 0.25) is 0 Å². The summed E-state index contributed by atoms with van der Waals surface area (Å²) in [7, 11) is 0. The van der Waals surface area contributed by atoms with Crippen LogP contribution in [0.2, 0.25) is 0 Å². The molecule has 0 saturated heterocycles. The highest BCUT2D eigenvalue weighted by Crippen LogP contribution is 2.18. The molecule has 83 heavy (non-hydrogen) atoms. The predicted octanol–water partition coefficient (Wildman–Crippen LogP) is 25.0. The maximum atomic E-state index is 13.0. The Balaban J connectivity index is 4.26. The maximum absolute atomic E-state index is 13.0. The molecular formula is C77H136O6. The first-order valence-corrected chi connectivity index (χ1v) is 36.1. The zero-order valence-corrected chi connectivity index (χ0v) is 55.2. The quantitative estimate of drug-likeness (QED) is 0.0261. The Kier molecular flexibility index (Phi) is 68.2. The molecule has 0 N–H and O–H groups in total. The fourth-order valence-electron chi connectivity index (χ4n) is 10.5. The number of hydrogen-bond donors (Lipinski definition) is 0. The second-order valence-electron chi connectivity index (χ2n) is 24.1. The number of unbranched alkanes of at least 4 members (excludes halogenated alkanes) is 41. The molecule has 0 saturated carbocycles. The SMILES string of the molecule is CC/C=C\C/C=C\C/C=C\C/C=C\C/C=C\C/C=C\CCCCCCCCCCCCC(=O)OCC(COC(=O)CCCCCCC/C=C\CCCCCC)OC(=O)CCCCCCCCCCCCCCCCCCCCCCCCC. The van der Waals surface area contributed by atoms with E-state index in [9.17, 15) is 14.4 Å². The molecule has 0 rings (SSSR count). The van der Waals surface area contributed by atoms with E-state index in [1.165, 1.54) is 225 Å². The average Bonchev–Trinajstić information content (AvgIpc) is 3.49. The smallest absolute Gasteiger partial charge is 0.306 e. The van der Waals surface area contributed by atoms with Gasteiger partial charge in [0.1, 0.15) is 13.2 Å². The van der Waals surface area contributed by atoms with Crippen molar-refractivity contribution in [2.45, 2.75) is 374 Å². The molecule has 0 aromatic rings. The lowest BCUT2D eigenvalue weighted by Crippen LogP contribution is -2.30. The molecular weight excluding hydrogens is 1020 g/mol. The molecule has 0 aromatic carbocycles. The fourth-order valence-corrected chi connectivity index (χ4v) is 10.5. The number of carbonyl (C=O) groups excluding carboxylic acids is 3. The van der Waals surface area contributed by atoms with E-state index in [1.54, 1.807) is 0 Å². The van der Waals surface area contributed by atoms with Crippen molar-refractivity contribution >= 4 is 17.9 Å². The predicted molar refractivity (Wildman–Crippen MR) is 362 cm³/mol. The largest absolute Gasteiger partial charge is 0.462 e. The molecule has 0 aromatic heterocycles. The summed E-state index contributed by atoms with van der Waals surface area (Å²) in [6, 6.07) is 0. The minimum atomic E-state index is -0.781. The van der Waals surface area contributed by atoms with Gasteiger partial charge in [-0.3, -0.25) is 14.4 Å². The summed E-state index contributed by atoms with van der Waals surface area (Å²) in [6.45, 7) is 6.56. The molecule has 6 nitrogen and oxygen atoms in total. The van der Waals surface area contributed by atoms with E-state index in [0.29, 0.717) is 19.3 Å². The molecule has 0 heterocycles. The van der Waals surface area contributed by atoms with Gasteiger partial charge < -0.3 is 14.2 Å². The summed E-state index contributed by atoms with van der Waals surface area (Å²) in [4.78, 5) is 38.4. The molecule has 0 fully saturated rings. The number of hydrogen-bond acceptors (Lipinski definition) is 6. The Morgan fingerprint density at radius 3 is 0.759 bits per heavy atom. The lowest BCUT2D eigenvalue weighted by molar-refractivity contribution is -0.167. The molecule has 0 aliphatic carbocycles. The molecule has 1 unspecified atom stereocenters. The van der Waals surface area contributed by atoms with Crippen LogP contribution in [0.15, 0.2) is 85.1 Å². The van der Waals surface area contributed by atoms with Gasteiger partial charge in [0, 0.05) is 19.3 Å². The number of rotatable bonds is 66. The first kappa shape index (κ1) is 79.6. The van der Waals surface area contributed by atoms with Crippen molar-refractivity contribution in [2.24, 2.45) is 0 Å². The topological polar surface area (TPSA) is 78.9 Å². The van der Waals surface area contributed by atoms with Gasteiger partial charge in [0.25, 0.3) is 0 Å². The molecule has 0 radical (unpaired) electrons. The van der Waals surface area contributed by atoms with Crippen molar-refractivity contribution in [3.05, 3.63) is 85.1 Å².